The number of hydrogen-bond donors (Lipinski definition) is 0. The summed E-state index contributed by atoms with van der Waals surface area (Å²) in [5, 5.41) is 0. The molecule has 110 valence electrons. The lowest BCUT2D eigenvalue weighted by atomic mass is 10.1. The minimum Gasteiger partial charge on any atom is -0.381 e. The molecule has 0 bridgehead atoms. The molecule has 0 aromatic rings. The van der Waals surface area contributed by atoms with Crippen LogP contribution in [0.5, 0.6) is 0 Å². The molecule has 0 unspecified atom stereocenters. The molecule has 5 heteroatoms. The summed E-state index contributed by atoms with van der Waals surface area (Å²) in [4.78, 5) is 16.4. The van der Waals surface area contributed by atoms with Crippen molar-refractivity contribution in [3.05, 3.63) is 0 Å². The molecule has 2 aliphatic heterocycles. The summed E-state index contributed by atoms with van der Waals surface area (Å²) >= 11 is 0. The van der Waals surface area contributed by atoms with Crippen molar-refractivity contribution >= 4 is 5.91 Å². The second-order valence-corrected chi connectivity index (χ2v) is 5.46. The van der Waals surface area contributed by atoms with Crippen LogP contribution in [0.1, 0.15) is 19.8 Å². The van der Waals surface area contributed by atoms with Crippen molar-refractivity contribution in [3.63, 3.8) is 0 Å². The predicted octanol–water partition coefficient (Wildman–Crippen LogP) is 0.594. The summed E-state index contributed by atoms with van der Waals surface area (Å²) in [5.41, 5.74) is 0. The first-order valence-electron chi connectivity index (χ1n) is 7.45. The van der Waals surface area contributed by atoms with Crippen LogP contribution in [0, 0.1) is 5.92 Å². The highest BCUT2D eigenvalue weighted by Gasteiger charge is 2.27. The number of morpholine rings is 1. The van der Waals surface area contributed by atoms with Gasteiger partial charge in [-0.25, -0.2) is 0 Å². The Morgan fingerprint density at radius 2 is 2.11 bits per heavy atom. The number of rotatable bonds is 6. The highest BCUT2D eigenvalue weighted by molar-refractivity contribution is 5.78. The van der Waals surface area contributed by atoms with Crippen LogP contribution in [0.25, 0.3) is 0 Å². The Morgan fingerprint density at radius 3 is 2.84 bits per heavy atom. The number of carbonyl (C=O) groups excluding carboxylic acids is 1. The van der Waals surface area contributed by atoms with E-state index >= 15 is 0 Å². The molecule has 2 fully saturated rings. The Balaban J connectivity index is 1.66. The zero-order valence-electron chi connectivity index (χ0n) is 12.0. The lowest BCUT2D eigenvalue weighted by Crippen LogP contribution is -2.44. The molecule has 1 amide bonds. The fraction of sp³-hybridized carbons (Fsp3) is 0.929. The fourth-order valence-corrected chi connectivity index (χ4v) is 2.64. The van der Waals surface area contributed by atoms with Crippen LogP contribution in [0.4, 0.5) is 0 Å². The molecule has 0 N–H and O–H groups in total. The Labute approximate surface area is 115 Å². The number of hydrogen-bond acceptors (Lipinski definition) is 4. The van der Waals surface area contributed by atoms with Gasteiger partial charge in [-0.2, -0.15) is 0 Å². The molecule has 19 heavy (non-hydrogen) atoms. The van der Waals surface area contributed by atoms with Gasteiger partial charge < -0.3 is 14.4 Å². The van der Waals surface area contributed by atoms with Crippen molar-refractivity contribution < 1.29 is 14.3 Å². The van der Waals surface area contributed by atoms with Gasteiger partial charge in [0.2, 0.25) is 5.91 Å². The van der Waals surface area contributed by atoms with Crippen molar-refractivity contribution in [1.82, 2.24) is 9.80 Å². The summed E-state index contributed by atoms with van der Waals surface area (Å²) in [6, 6.07) is 0. The molecule has 0 aromatic heterocycles. The highest BCUT2D eigenvalue weighted by atomic mass is 16.5. The van der Waals surface area contributed by atoms with E-state index in [2.05, 4.69) is 11.8 Å². The summed E-state index contributed by atoms with van der Waals surface area (Å²) in [6.07, 6.45) is 2.14. The first-order valence-corrected chi connectivity index (χ1v) is 7.45. The van der Waals surface area contributed by atoms with Crippen molar-refractivity contribution in [1.29, 1.82) is 0 Å². The van der Waals surface area contributed by atoms with Gasteiger partial charge in [0, 0.05) is 38.7 Å². The van der Waals surface area contributed by atoms with Crippen LogP contribution in [0.15, 0.2) is 0 Å². The molecular weight excluding hydrogens is 244 g/mol. The maximum Gasteiger partial charge on any atom is 0.236 e. The quantitative estimate of drug-likeness (QED) is 0.663. The molecule has 1 atom stereocenters. The smallest absolute Gasteiger partial charge is 0.236 e. The molecular formula is C14H26N2O3. The first-order chi connectivity index (χ1) is 9.29. The topological polar surface area (TPSA) is 42.0 Å². The lowest BCUT2D eigenvalue weighted by molar-refractivity contribution is -0.132. The normalized spacial score (nSPS) is 24.9. The SMILES string of the molecule is CCCOC[C@@H]1CCN(C(=O)CN2CCOCC2)C1. The minimum absolute atomic E-state index is 0.264. The van der Waals surface area contributed by atoms with Gasteiger partial charge >= 0.3 is 0 Å². The number of nitrogens with zero attached hydrogens (tertiary/aromatic N) is 2. The van der Waals surface area contributed by atoms with E-state index in [-0.39, 0.29) is 5.91 Å². The van der Waals surface area contributed by atoms with E-state index in [0.29, 0.717) is 12.5 Å². The molecule has 5 nitrogen and oxygen atoms in total. The maximum absolute atomic E-state index is 12.2. The van der Waals surface area contributed by atoms with Crippen LogP contribution >= 0.6 is 0 Å². The summed E-state index contributed by atoms with van der Waals surface area (Å²) in [6.45, 7) is 9.31. The fourth-order valence-electron chi connectivity index (χ4n) is 2.64. The third-order valence-electron chi connectivity index (χ3n) is 3.80. The standard InChI is InChI=1S/C14H26N2O3/c1-2-7-19-12-13-3-4-16(10-13)14(17)11-15-5-8-18-9-6-15/h13H,2-12H2,1H3/t13-/m1/s1. The van der Waals surface area contributed by atoms with Crippen molar-refractivity contribution in [3.8, 4) is 0 Å². The van der Waals surface area contributed by atoms with Gasteiger partial charge in [-0.15, -0.1) is 0 Å². The third kappa shape index (κ3) is 4.75. The lowest BCUT2D eigenvalue weighted by Gasteiger charge is -2.28. The first kappa shape index (κ1) is 14.8. The van der Waals surface area contributed by atoms with E-state index < -0.39 is 0 Å². The van der Waals surface area contributed by atoms with E-state index in [9.17, 15) is 4.79 Å². The van der Waals surface area contributed by atoms with Crippen molar-refractivity contribution in [2.75, 3.05) is 59.2 Å². The monoisotopic (exact) mass is 270 g/mol. The minimum atomic E-state index is 0.264. The molecule has 0 aromatic carbocycles. The van der Waals surface area contributed by atoms with Gasteiger partial charge in [0.15, 0.2) is 0 Å². The van der Waals surface area contributed by atoms with Crippen LogP contribution in [0.2, 0.25) is 0 Å². The largest absolute Gasteiger partial charge is 0.381 e. The molecule has 0 radical (unpaired) electrons. The number of amides is 1. The summed E-state index contributed by atoms with van der Waals surface area (Å²) in [7, 11) is 0. The molecule has 0 saturated carbocycles. The second-order valence-electron chi connectivity index (χ2n) is 5.46. The van der Waals surface area contributed by atoms with Gasteiger partial charge in [-0.1, -0.05) is 6.92 Å². The Bertz CT molecular complexity index is 280. The van der Waals surface area contributed by atoms with E-state index in [4.69, 9.17) is 9.47 Å². The van der Waals surface area contributed by atoms with Crippen LogP contribution in [-0.2, 0) is 14.3 Å². The highest BCUT2D eigenvalue weighted by Crippen LogP contribution is 2.17. The Hall–Kier alpha value is -0.650. The number of likely N-dealkylation sites (tertiary alicyclic amines) is 1. The molecule has 0 aliphatic carbocycles. The van der Waals surface area contributed by atoms with E-state index in [1.807, 2.05) is 4.90 Å². The summed E-state index contributed by atoms with van der Waals surface area (Å²) in [5.74, 6) is 0.792. The Morgan fingerprint density at radius 1 is 1.32 bits per heavy atom. The van der Waals surface area contributed by atoms with E-state index in [1.165, 1.54) is 0 Å². The van der Waals surface area contributed by atoms with E-state index in [1.54, 1.807) is 0 Å². The molecule has 2 rings (SSSR count). The average molecular weight is 270 g/mol. The molecule has 0 spiro atoms. The predicted molar refractivity (Wildman–Crippen MR) is 73.1 cm³/mol. The number of ether oxygens (including phenoxy) is 2. The van der Waals surface area contributed by atoms with Gasteiger partial charge in [0.1, 0.15) is 0 Å². The Kier molecular flexibility index (Phi) is 6.07. The third-order valence-corrected chi connectivity index (χ3v) is 3.80. The van der Waals surface area contributed by atoms with Crippen molar-refractivity contribution in [2.24, 2.45) is 5.92 Å². The van der Waals surface area contributed by atoms with Crippen molar-refractivity contribution in [2.45, 2.75) is 19.8 Å². The van der Waals surface area contributed by atoms with Gasteiger partial charge in [0.25, 0.3) is 0 Å². The number of carbonyl (C=O) groups is 1. The van der Waals surface area contributed by atoms with Gasteiger partial charge in [-0.3, -0.25) is 9.69 Å². The van der Waals surface area contributed by atoms with Gasteiger partial charge in [0.05, 0.1) is 26.4 Å². The van der Waals surface area contributed by atoms with Gasteiger partial charge in [-0.05, 0) is 12.8 Å². The van der Waals surface area contributed by atoms with Crippen LogP contribution in [-0.4, -0.2) is 74.9 Å². The molecule has 2 saturated heterocycles. The summed E-state index contributed by atoms with van der Waals surface area (Å²) < 4.78 is 10.9. The zero-order chi connectivity index (χ0) is 13.5. The molecule has 2 heterocycles. The van der Waals surface area contributed by atoms with Crippen LogP contribution in [0.3, 0.4) is 0 Å². The average Bonchev–Trinajstić information content (AvgIpc) is 2.89. The maximum atomic E-state index is 12.2. The zero-order valence-corrected chi connectivity index (χ0v) is 12.0. The second kappa shape index (κ2) is 7.82. The molecule has 2 aliphatic rings. The van der Waals surface area contributed by atoms with Crippen LogP contribution < -0.4 is 0 Å². The van der Waals surface area contributed by atoms with E-state index in [0.717, 1.165) is 65.4 Å².